The molecule has 0 bridgehead atoms. The Morgan fingerprint density at radius 3 is 2.33 bits per heavy atom. The van der Waals surface area contributed by atoms with Gasteiger partial charge in [0, 0.05) is 118 Å². The number of amides is 2. The fourth-order valence-corrected chi connectivity index (χ4v) is 13.0. The van der Waals surface area contributed by atoms with Gasteiger partial charge in [-0.25, -0.2) is 42.5 Å². The van der Waals surface area contributed by atoms with Gasteiger partial charge in [-0.2, -0.15) is 0 Å². The van der Waals surface area contributed by atoms with Gasteiger partial charge in [-0.3, -0.25) is 24.3 Å². The topological polar surface area (TPSA) is 268 Å². The average Bonchev–Trinajstić information content (AvgIpc) is 3.36. The van der Waals surface area contributed by atoms with Crippen molar-refractivity contribution in [2.45, 2.75) is 115 Å². The van der Waals surface area contributed by atoms with E-state index in [0.717, 1.165) is 12.8 Å². The minimum Gasteiger partial charge on any atom is -0.491 e. The largest absolute Gasteiger partial charge is 0.491 e. The fraction of sp³-hybridized carbons (Fsp3) is 0.542. The zero-order valence-corrected chi connectivity index (χ0v) is 51.6. The highest BCUT2D eigenvalue weighted by atomic mass is 32.2. The minimum atomic E-state index is -3.89. The molecule has 0 saturated carbocycles. The van der Waals surface area contributed by atoms with Crippen molar-refractivity contribution in [3.63, 3.8) is 0 Å². The third-order valence-corrected chi connectivity index (χ3v) is 19.2. The van der Waals surface area contributed by atoms with Gasteiger partial charge in [0.1, 0.15) is 70.0 Å². The van der Waals surface area contributed by atoms with Crippen molar-refractivity contribution >= 4 is 67.3 Å². The summed E-state index contributed by atoms with van der Waals surface area (Å²) in [5.41, 5.74) is 7.45. The van der Waals surface area contributed by atoms with Gasteiger partial charge in [0.2, 0.25) is 17.6 Å². The number of ether oxygens (including phenoxy) is 4. The Hall–Kier alpha value is -6.97. The lowest BCUT2D eigenvalue weighted by Gasteiger charge is -2.47. The van der Waals surface area contributed by atoms with Gasteiger partial charge in [-0.15, -0.1) is 11.3 Å². The van der Waals surface area contributed by atoms with E-state index < -0.39 is 32.1 Å². The van der Waals surface area contributed by atoms with Crippen LogP contribution in [0.3, 0.4) is 0 Å². The summed E-state index contributed by atoms with van der Waals surface area (Å²) < 4.78 is 65.0. The number of nitrogens with two attached hydrogens (primary N) is 1. The van der Waals surface area contributed by atoms with Gasteiger partial charge < -0.3 is 50.1 Å². The number of likely N-dealkylation sites (tertiary alicyclic amines) is 1. The van der Waals surface area contributed by atoms with Crippen LogP contribution in [-0.2, 0) is 24.1 Å². The van der Waals surface area contributed by atoms with Gasteiger partial charge >= 0.3 is 6.09 Å². The lowest BCUT2D eigenvalue weighted by atomic mass is 10.1. The van der Waals surface area contributed by atoms with Gasteiger partial charge in [-0.1, -0.05) is 0 Å². The number of aromatic nitrogens is 5. The second-order valence-electron chi connectivity index (χ2n) is 24.1. The van der Waals surface area contributed by atoms with Crippen LogP contribution in [0.15, 0.2) is 76.8 Å². The summed E-state index contributed by atoms with van der Waals surface area (Å²) in [5.74, 6) is 1.04. The lowest BCUT2D eigenvalue weighted by Crippen LogP contribution is -2.64. The first kappa shape index (κ1) is 62.6. The lowest BCUT2D eigenvalue weighted by molar-refractivity contribution is -0.135. The molecule has 2 aromatic carbocycles. The minimum absolute atomic E-state index is 0.0212. The molecule has 4 atom stereocenters. The van der Waals surface area contributed by atoms with Crippen LogP contribution in [-0.4, -0.2) is 208 Å². The third kappa shape index (κ3) is 15.2. The van der Waals surface area contributed by atoms with Gasteiger partial charge in [0.15, 0.2) is 15.6 Å². The average molecular weight is 1210 g/mol. The van der Waals surface area contributed by atoms with Crippen molar-refractivity contribution in [3.05, 3.63) is 94.0 Å². The number of hydrogen-bond acceptors (Lipinski definition) is 22. The molecule has 26 heteroatoms. The Kier molecular flexibility index (Phi) is 19.4. The molecule has 5 aromatic rings. The van der Waals surface area contributed by atoms with Crippen molar-refractivity contribution in [3.8, 4) is 11.5 Å². The Morgan fingerprint density at radius 2 is 1.64 bits per heavy atom. The van der Waals surface area contributed by atoms with Crippen LogP contribution in [0, 0.1) is 11.2 Å². The normalized spacial score (nSPS) is 20.8. The Bertz CT molecular complexity index is 3370. The number of carbonyl (C=O) groups is 3. The standard InChI is InChI=1S/C59H79FN14O9S2/c1-37-29-72(33-51(75)73-16-10-11-48(73)55-67-47(35-84-55)52(76)40-12-14-41(60)15-13-40)42(31-74(37)57(77)83-58(4,5)6)30-70-22-23-80-44(32-70)34-82-43-27-63-56(64-28-43)71-19-17-69(18-20-71)21-24-81-49-26-46-45(25-50(49)85(78,79)59(7,8)9)54(66-36-65-46)68-53(62)38(2)39(3)61/h12-15,25-28,35-37,42,44,48,61H,10-11,16-24,29-34,62H2,1-9H3,(H,65,66,68)/b53-38+,61-39?/t37-,42+,44-,48+/m1/s1. The van der Waals surface area contributed by atoms with Gasteiger partial charge in [0.25, 0.3) is 0 Å². The van der Waals surface area contributed by atoms with E-state index in [-0.39, 0.29) is 83.6 Å². The highest BCUT2D eigenvalue weighted by Gasteiger charge is 2.41. The van der Waals surface area contributed by atoms with Gasteiger partial charge in [-0.05, 0) is 105 Å². The van der Waals surface area contributed by atoms with Crippen LogP contribution in [0.2, 0.25) is 0 Å². The van der Waals surface area contributed by atoms with Crippen LogP contribution in [0.4, 0.5) is 21.0 Å². The molecule has 9 rings (SSSR count). The van der Waals surface area contributed by atoms with Gasteiger partial charge in [0.05, 0.1) is 41.9 Å². The molecule has 23 nitrogen and oxygen atoms in total. The second kappa shape index (κ2) is 26.3. The summed E-state index contributed by atoms with van der Waals surface area (Å²) in [4.78, 5) is 76.5. The van der Waals surface area contributed by atoms with E-state index >= 15 is 0 Å². The van der Waals surface area contributed by atoms with E-state index in [9.17, 15) is 27.2 Å². The van der Waals surface area contributed by atoms with Crippen molar-refractivity contribution in [1.82, 2.24) is 49.4 Å². The summed E-state index contributed by atoms with van der Waals surface area (Å²) in [5, 5.41) is 13.8. The van der Waals surface area contributed by atoms with E-state index in [2.05, 4.69) is 49.8 Å². The third-order valence-electron chi connectivity index (χ3n) is 15.7. The number of halogens is 1. The van der Waals surface area contributed by atoms with E-state index in [1.54, 1.807) is 63.4 Å². The molecule has 4 fully saturated rings. The number of thiazole rings is 1. The Morgan fingerprint density at radius 1 is 0.906 bits per heavy atom. The number of piperazine rings is 2. The van der Waals surface area contributed by atoms with Crippen molar-refractivity contribution < 1.29 is 46.1 Å². The summed E-state index contributed by atoms with van der Waals surface area (Å²) >= 11 is 1.35. The number of nitrogens with one attached hydrogen (secondary N) is 2. The molecule has 4 aliphatic rings. The zero-order chi connectivity index (χ0) is 61.0. The monoisotopic (exact) mass is 1210 g/mol. The number of sulfone groups is 1. The molecule has 0 unspecified atom stereocenters. The summed E-state index contributed by atoms with van der Waals surface area (Å²) in [7, 11) is -3.89. The summed E-state index contributed by atoms with van der Waals surface area (Å²) in [6, 6.07) is 7.83. The maximum Gasteiger partial charge on any atom is 0.410 e. The number of nitrogens with zero attached hydrogens (tertiary/aromatic N) is 11. The predicted octanol–water partition coefficient (Wildman–Crippen LogP) is 6.41. The Balaban J connectivity index is 0.773. The number of ketones is 1. The molecule has 4 N–H and O–H groups in total. The highest BCUT2D eigenvalue weighted by molar-refractivity contribution is 7.92. The molecule has 4 saturated heterocycles. The number of hydrogen-bond donors (Lipinski definition) is 3. The molecule has 4 aliphatic heterocycles. The number of anilines is 2. The van der Waals surface area contributed by atoms with Crippen LogP contribution in [0.1, 0.15) is 102 Å². The first-order valence-electron chi connectivity index (χ1n) is 28.8. The molecule has 3 aromatic heterocycles. The number of allylic oxidation sites excluding steroid dienone is 1. The number of rotatable bonds is 19. The predicted molar refractivity (Wildman–Crippen MR) is 322 cm³/mol. The fourth-order valence-electron chi connectivity index (χ4n) is 10.7. The summed E-state index contributed by atoms with van der Waals surface area (Å²) in [6.45, 7) is 23.3. The van der Waals surface area contributed by atoms with Crippen molar-refractivity contribution in [2.75, 3.05) is 109 Å². The SMILES string of the molecule is CC(=N)/C(C)=C(\N)Nc1ncnc2cc(OCCN3CCN(c4ncc(OC[C@H]5CN(C[C@H]6CN(C(=O)OC(C)(C)C)[C@H](C)CN6CC(=O)N6CCC[C@H]6c6nc(C(=O)c7ccc(F)cc7)cs6)CCO5)cn4)CC3)c(S(=O)(=O)C(C)(C)C)cc12. The molecule has 85 heavy (non-hydrogen) atoms. The second-order valence-corrected chi connectivity index (χ2v) is 27.7. The molecule has 0 radical (unpaired) electrons. The highest BCUT2D eigenvalue weighted by Crippen LogP contribution is 2.38. The number of morpholine rings is 1. The molecule has 0 aliphatic carbocycles. The van der Waals surface area contributed by atoms with Crippen LogP contribution in [0.5, 0.6) is 11.5 Å². The van der Waals surface area contributed by atoms with E-state index in [4.69, 9.17) is 30.1 Å². The quantitative estimate of drug-likeness (QED) is 0.0595. The Labute approximate surface area is 500 Å². The molecule has 7 heterocycles. The molecular weight excluding hydrogens is 1130 g/mol. The van der Waals surface area contributed by atoms with E-state index in [1.807, 2.05) is 32.6 Å². The van der Waals surface area contributed by atoms with Crippen molar-refractivity contribution in [2.24, 2.45) is 5.73 Å². The first-order chi connectivity index (χ1) is 40.3. The number of benzene rings is 2. The molecule has 2 amide bonds. The molecule has 458 valence electrons. The van der Waals surface area contributed by atoms with Crippen molar-refractivity contribution in [1.29, 1.82) is 5.41 Å². The van der Waals surface area contributed by atoms with Crippen LogP contribution in [0.25, 0.3) is 10.9 Å². The summed E-state index contributed by atoms with van der Waals surface area (Å²) in [6.07, 6.45) is 5.54. The zero-order valence-electron chi connectivity index (χ0n) is 50.0. The van der Waals surface area contributed by atoms with E-state index in [1.165, 1.54) is 48.0 Å². The maximum atomic E-state index is 14.4. The molecule has 0 spiro atoms. The number of carbonyl (C=O) groups excluding carboxylic acids is 3. The van der Waals surface area contributed by atoms with Crippen LogP contribution >= 0.6 is 11.3 Å². The van der Waals surface area contributed by atoms with Crippen LogP contribution < -0.4 is 25.4 Å². The smallest absolute Gasteiger partial charge is 0.410 e. The maximum absolute atomic E-state index is 14.4. The number of fused-ring (bicyclic) bond motifs is 1. The van der Waals surface area contributed by atoms with E-state index in [0.29, 0.717) is 123 Å². The first-order valence-corrected chi connectivity index (χ1v) is 31.2. The molecular formula is C59H79FN14O9S2.